The lowest BCUT2D eigenvalue weighted by Gasteiger charge is -2.13. The van der Waals surface area contributed by atoms with E-state index in [9.17, 15) is 0 Å². The van der Waals surface area contributed by atoms with Gasteiger partial charge in [-0.15, -0.1) is 0 Å². The second kappa shape index (κ2) is 9.64. The fourth-order valence-electron chi connectivity index (χ4n) is 2.67. The average molecular weight is 362 g/mol. The van der Waals surface area contributed by atoms with Crippen LogP contribution in [0.2, 0.25) is 0 Å². The largest absolute Gasteiger partial charge is 0.366 e. The molecule has 2 N–H and O–H groups in total. The van der Waals surface area contributed by atoms with Crippen LogP contribution in [-0.4, -0.2) is 47.0 Å². The summed E-state index contributed by atoms with van der Waals surface area (Å²) in [5, 5.41) is 6.75. The minimum absolute atomic E-state index is 0.638. The van der Waals surface area contributed by atoms with Gasteiger partial charge in [0, 0.05) is 37.1 Å². The van der Waals surface area contributed by atoms with Gasteiger partial charge >= 0.3 is 0 Å². The van der Waals surface area contributed by atoms with Crippen molar-refractivity contribution in [3.8, 4) is 11.3 Å². The molecule has 0 radical (unpaired) electrons. The van der Waals surface area contributed by atoms with Crippen LogP contribution in [0.4, 0.5) is 11.8 Å². The number of anilines is 2. The maximum atomic E-state index is 4.67. The molecule has 140 valence electrons. The molecule has 27 heavy (non-hydrogen) atoms. The fraction of sp³-hybridized carbons (Fsp3) is 0.286. The van der Waals surface area contributed by atoms with E-state index in [1.54, 1.807) is 12.4 Å². The van der Waals surface area contributed by atoms with Gasteiger partial charge in [-0.1, -0.05) is 30.3 Å². The van der Waals surface area contributed by atoms with E-state index in [0.29, 0.717) is 12.5 Å². The summed E-state index contributed by atoms with van der Waals surface area (Å²) in [4.78, 5) is 15.6. The molecule has 0 bridgehead atoms. The van der Waals surface area contributed by atoms with Gasteiger partial charge in [-0.25, -0.2) is 4.98 Å². The van der Waals surface area contributed by atoms with E-state index in [1.807, 2.05) is 36.4 Å². The van der Waals surface area contributed by atoms with Gasteiger partial charge in [0.2, 0.25) is 5.95 Å². The summed E-state index contributed by atoms with van der Waals surface area (Å²) in [7, 11) is 4.15. The predicted molar refractivity (Wildman–Crippen MR) is 111 cm³/mol. The Bertz CT molecular complexity index is 821. The molecular weight excluding hydrogens is 336 g/mol. The minimum atomic E-state index is 0.638. The summed E-state index contributed by atoms with van der Waals surface area (Å²) in [6, 6.07) is 16.2. The van der Waals surface area contributed by atoms with Gasteiger partial charge in [-0.3, -0.25) is 4.98 Å². The molecule has 0 aliphatic carbocycles. The smallest absolute Gasteiger partial charge is 0.225 e. The summed E-state index contributed by atoms with van der Waals surface area (Å²) >= 11 is 0. The van der Waals surface area contributed by atoms with Gasteiger partial charge < -0.3 is 15.5 Å². The lowest BCUT2D eigenvalue weighted by molar-refractivity contribution is 0.405. The summed E-state index contributed by atoms with van der Waals surface area (Å²) in [5.74, 6) is 1.44. The molecule has 0 aliphatic heterocycles. The lowest BCUT2D eigenvalue weighted by Crippen LogP contribution is -2.17. The number of hydrogen-bond acceptors (Lipinski definition) is 6. The monoisotopic (exact) mass is 362 g/mol. The molecule has 0 amide bonds. The average Bonchev–Trinajstić information content (AvgIpc) is 2.71. The Balaban J connectivity index is 1.75. The molecule has 0 atom stereocenters. The third-order valence-electron chi connectivity index (χ3n) is 4.08. The normalized spacial score (nSPS) is 10.8. The Morgan fingerprint density at radius 3 is 2.44 bits per heavy atom. The lowest BCUT2D eigenvalue weighted by atomic mass is 10.2. The molecule has 0 spiro atoms. The molecule has 2 heterocycles. The van der Waals surface area contributed by atoms with Crippen LogP contribution < -0.4 is 10.6 Å². The first-order chi connectivity index (χ1) is 13.2. The molecule has 2 aromatic heterocycles. The van der Waals surface area contributed by atoms with E-state index >= 15 is 0 Å². The van der Waals surface area contributed by atoms with E-state index < -0.39 is 0 Å². The fourth-order valence-corrected chi connectivity index (χ4v) is 2.67. The SMILES string of the molecule is CN(C)CCCNc1nc(NCc2ccccc2)cc(-c2ccncc2)n1. The third-order valence-corrected chi connectivity index (χ3v) is 4.08. The van der Waals surface area contributed by atoms with Gasteiger partial charge in [-0.05, 0) is 44.8 Å². The number of hydrogen-bond donors (Lipinski definition) is 2. The first-order valence-electron chi connectivity index (χ1n) is 9.16. The summed E-state index contributed by atoms with van der Waals surface area (Å²) < 4.78 is 0. The van der Waals surface area contributed by atoms with E-state index in [1.165, 1.54) is 5.56 Å². The zero-order chi connectivity index (χ0) is 18.9. The summed E-state index contributed by atoms with van der Waals surface area (Å²) in [6.07, 6.45) is 4.58. The van der Waals surface area contributed by atoms with Crippen molar-refractivity contribution < 1.29 is 0 Å². The van der Waals surface area contributed by atoms with E-state index in [0.717, 1.165) is 36.6 Å². The third kappa shape index (κ3) is 6.04. The van der Waals surface area contributed by atoms with Crippen LogP contribution in [0.1, 0.15) is 12.0 Å². The van der Waals surface area contributed by atoms with E-state index in [-0.39, 0.29) is 0 Å². The maximum absolute atomic E-state index is 4.67. The predicted octanol–water partition coefficient (Wildman–Crippen LogP) is 3.51. The van der Waals surface area contributed by atoms with Crippen LogP contribution >= 0.6 is 0 Å². The Morgan fingerprint density at radius 1 is 0.926 bits per heavy atom. The Morgan fingerprint density at radius 2 is 1.70 bits per heavy atom. The van der Waals surface area contributed by atoms with Crippen molar-refractivity contribution in [2.75, 3.05) is 37.8 Å². The molecule has 0 unspecified atom stereocenters. The molecule has 6 nitrogen and oxygen atoms in total. The second-order valence-corrected chi connectivity index (χ2v) is 6.62. The van der Waals surface area contributed by atoms with Crippen LogP contribution in [0, 0.1) is 0 Å². The van der Waals surface area contributed by atoms with Gasteiger partial charge in [0.25, 0.3) is 0 Å². The van der Waals surface area contributed by atoms with Crippen LogP contribution in [0.5, 0.6) is 0 Å². The molecule has 0 aliphatic rings. The highest BCUT2D eigenvalue weighted by molar-refractivity contribution is 5.63. The first kappa shape index (κ1) is 18.8. The second-order valence-electron chi connectivity index (χ2n) is 6.62. The molecule has 0 fully saturated rings. The Labute approximate surface area is 160 Å². The highest BCUT2D eigenvalue weighted by atomic mass is 15.1. The van der Waals surface area contributed by atoms with Crippen molar-refractivity contribution in [3.05, 3.63) is 66.5 Å². The van der Waals surface area contributed by atoms with Gasteiger partial charge in [-0.2, -0.15) is 4.98 Å². The van der Waals surface area contributed by atoms with Gasteiger partial charge in [0.05, 0.1) is 5.69 Å². The molecule has 3 aromatic rings. The van der Waals surface area contributed by atoms with Crippen molar-refractivity contribution in [1.82, 2.24) is 19.9 Å². The maximum Gasteiger partial charge on any atom is 0.225 e. The molecular formula is C21H26N6. The van der Waals surface area contributed by atoms with Crippen molar-refractivity contribution in [2.45, 2.75) is 13.0 Å². The van der Waals surface area contributed by atoms with E-state index in [2.05, 4.69) is 56.7 Å². The molecule has 0 saturated carbocycles. The first-order valence-corrected chi connectivity index (χ1v) is 9.16. The van der Waals surface area contributed by atoms with Crippen molar-refractivity contribution in [2.24, 2.45) is 0 Å². The Kier molecular flexibility index (Phi) is 6.71. The number of pyridine rings is 1. The van der Waals surface area contributed by atoms with Crippen LogP contribution in [0.15, 0.2) is 60.9 Å². The standard InChI is InChI=1S/C21H26N6/c1-27(2)14-6-11-23-21-25-19(18-9-12-22-13-10-18)15-20(26-21)24-16-17-7-4-3-5-8-17/h3-5,7-10,12-13,15H,6,11,14,16H2,1-2H3,(H2,23,24,25,26). The highest BCUT2D eigenvalue weighted by Gasteiger charge is 2.07. The van der Waals surface area contributed by atoms with Crippen LogP contribution in [0.25, 0.3) is 11.3 Å². The molecule has 3 rings (SSSR count). The summed E-state index contributed by atoms with van der Waals surface area (Å²) in [6.45, 7) is 2.57. The van der Waals surface area contributed by atoms with Crippen molar-refractivity contribution >= 4 is 11.8 Å². The molecule has 6 heteroatoms. The van der Waals surface area contributed by atoms with Gasteiger partial charge in [0.15, 0.2) is 0 Å². The Hall–Kier alpha value is -2.99. The van der Waals surface area contributed by atoms with Crippen LogP contribution in [0.3, 0.4) is 0 Å². The number of aromatic nitrogens is 3. The van der Waals surface area contributed by atoms with Crippen molar-refractivity contribution in [3.63, 3.8) is 0 Å². The quantitative estimate of drug-likeness (QED) is 0.568. The number of benzene rings is 1. The minimum Gasteiger partial charge on any atom is -0.366 e. The van der Waals surface area contributed by atoms with Crippen molar-refractivity contribution in [1.29, 1.82) is 0 Å². The zero-order valence-electron chi connectivity index (χ0n) is 15.9. The summed E-state index contributed by atoms with van der Waals surface area (Å²) in [5.41, 5.74) is 3.10. The van der Waals surface area contributed by atoms with Crippen LogP contribution in [-0.2, 0) is 6.54 Å². The topological polar surface area (TPSA) is 66.0 Å². The number of nitrogens with zero attached hydrogens (tertiary/aromatic N) is 4. The zero-order valence-corrected chi connectivity index (χ0v) is 15.9. The van der Waals surface area contributed by atoms with Gasteiger partial charge in [0.1, 0.15) is 5.82 Å². The number of nitrogens with one attached hydrogen (secondary N) is 2. The van der Waals surface area contributed by atoms with E-state index in [4.69, 9.17) is 0 Å². The molecule has 0 saturated heterocycles. The molecule has 1 aromatic carbocycles. The number of rotatable bonds is 9. The highest BCUT2D eigenvalue weighted by Crippen LogP contribution is 2.21.